The predicted molar refractivity (Wildman–Crippen MR) is 121 cm³/mol. The number of hydrogen-bond acceptors (Lipinski definition) is 5. The summed E-state index contributed by atoms with van der Waals surface area (Å²) in [6, 6.07) is 11.8. The van der Waals surface area contributed by atoms with E-state index in [0.717, 1.165) is 22.2 Å². The van der Waals surface area contributed by atoms with Gasteiger partial charge >= 0.3 is 5.69 Å². The van der Waals surface area contributed by atoms with Crippen LogP contribution in [0.3, 0.4) is 0 Å². The Hall–Kier alpha value is -3.30. The van der Waals surface area contributed by atoms with E-state index in [1.165, 1.54) is 9.13 Å². The van der Waals surface area contributed by atoms with Gasteiger partial charge in [-0.3, -0.25) is 28.4 Å². The van der Waals surface area contributed by atoms with Gasteiger partial charge in [-0.15, -0.1) is 0 Å². The number of nitrogens with one attached hydrogen (secondary N) is 1. The average Bonchev–Trinajstić information content (AvgIpc) is 3.12. The van der Waals surface area contributed by atoms with Crippen LogP contribution in [0, 0.1) is 0 Å². The first kappa shape index (κ1) is 21.0. The van der Waals surface area contributed by atoms with Gasteiger partial charge in [0.05, 0.1) is 15.9 Å². The first-order chi connectivity index (χ1) is 14.7. The maximum atomic E-state index is 12.7. The molecular formula is C21H17ClN4O4S. The molecule has 0 atom stereocenters. The number of aromatic nitrogens is 2. The molecule has 1 aromatic heterocycles. The van der Waals surface area contributed by atoms with Crippen LogP contribution < -0.4 is 11.0 Å². The average molecular weight is 457 g/mol. The van der Waals surface area contributed by atoms with E-state index < -0.39 is 23.6 Å². The molecule has 1 fully saturated rings. The van der Waals surface area contributed by atoms with Crippen molar-refractivity contribution in [3.05, 3.63) is 68.4 Å². The largest absolute Gasteiger partial charge is 0.328 e. The first-order valence-electron chi connectivity index (χ1n) is 9.21. The Bertz CT molecular complexity index is 1320. The Morgan fingerprint density at radius 1 is 1.03 bits per heavy atom. The molecule has 0 spiro atoms. The van der Waals surface area contributed by atoms with Gasteiger partial charge in [-0.1, -0.05) is 17.7 Å². The van der Waals surface area contributed by atoms with Crippen molar-refractivity contribution in [3.63, 3.8) is 0 Å². The number of thioether (sulfide) groups is 1. The van der Waals surface area contributed by atoms with E-state index in [2.05, 4.69) is 5.32 Å². The third-order valence-electron chi connectivity index (χ3n) is 4.90. The van der Waals surface area contributed by atoms with Gasteiger partial charge in [0.1, 0.15) is 6.54 Å². The predicted octanol–water partition coefficient (Wildman–Crippen LogP) is 3.21. The number of imidazole rings is 1. The van der Waals surface area contributed by atoms with Crippen LogP contribution in [0.15, 0.2) is 52.2 Å². The summed E-state index contributed by atoms with van der Waals surface area (Å²) in [6.45, 7) is -0.392. The highest BCUT2D eigenvalue weighted by molar-refractivity contribution is 8.18. The fraction of sp³-hybridized carbons (Fsp3) is 0.143. The molecule has 1 saturated heterocycles. The summed E-state index contributed by atoms with van der Waals surface area (Å²) in [5.41, 5.74) is 2.50. The number of anilines is 1. The van der Waals surface area contributed by atoms with Crippen LogP contribution >= 0.6 is 23.4 Å². The standard InChI is InChI=1S/C21H17ClN4O4S/c1-24-15-8-3-12(9-16(15)25(2)20(24)29)10-17-19(28)26(21(30)31-17)11-18(27)23-14-6-4-13(22)5-7-14/h3-10H,11H2,1-2H3,(H,23,27). The molecule has 0 aliphatic carbocycles. The highest BCUT2D eigenvalue weighted by Crippen LogP contribution is 2.32. The number of benzene rings is 2. The van der Waals surface area contributed by atoms with Gasteiger partial charge in [0, 0.05) is 24.8 Å². The van der Waals surface area contributed by atoms with E-state index >= 15 is 0 Å². The van der Waals surface area contributed by atoms with Crippen LogP contribution in [0.25, 0.3) is 17.1 Å². The zero-order chi connectivity index (χ0) is 22.3. The van der Waals surface area contributed by atoms with E-state index in [1.807, 2.05) is 0 Å². The Morgan fingerprint density at radius 3 is 2.42 bits per heavy atom. The minimum absolute atomic E-state index is 0.154. The summed E-state index contributed by atoms with van der Waals surface area (Å²) in [5.74, 6) is -1.03. The van der Waals surface area contributed by atoms with Crippen molar-refractivity contribution in [3.8, 4) is 0 Å². The van der Waals surface area contributed by atoms with Gasteiger partial charge in [-0.2, -0.15) is 0 Å². The molecule has 1 aliphatic heterocycles. The topological polar surface area (TPSA) is 93.4 Å². The SMILES string of the molecule is Cn1c(=O)n(C)c2cc(C=C3SC(=O)N(CC(=O)Nc4ccc(Cl)cc4)C3=O)ccc21. The molecule has 10 heteroatoms. The van der Waals surface area contributed by atoms with E-state index in [-0.39, 0.29) is 10.6 Å². The summed E-state index contributed by atoms with van der Waals surface area (Å²) >= 11 is 6.59. The molecule has 1 aliphatic rings. The minimum Gasteiger partial charge on any atom is -0.325 e. The van der Waals surface area contributed by atoms with Gasteiger partial charge in [0.2, 0.25) is 5.91 Å². The lowest BCUT2D eigenvalue weighted by molar-refractivity contribution is -0.127. The maximum absolute atomic E-state index is 12.7. The lowest BCUT2D eigenvalue weighted by atomic mass is 10.2. The van der Waals surface area contributed by atoms with E-state index in [0.29, 0.717) is 21.8 Å². The van der Waals surface area contributed by atoms with E-state index in [4.69, 9.17) is 11.6 Å². The number of aryl methyl sites for hydroxylation is 2. The third-order valence-corrected chi connectivity index (χ3v) is 6.06. The number of imide groups is 1. The molecule has 4 rings (SSSR count). The van der Waals surface area contributed by atoms with Crippen LogP contribution in [0.2, 0.25) is 5.02 Å². The van der Waals surface area contributed by atoms with Crippen molar-refractivity contribution in [2.24, 2.45) is 14.1 Å². The lowest BCUT2D eigenvalue weighted by Crippen LogP contribution is -2.36. The van der Waals surface area contributed by atoms with E-state index in [9.17, 15) is 19.2 Å². The molecule has 158 valence electrons. The highest BCUT2D eigenvalue weighted by Gasteiger charge is 2.36. The molecule has 3 amide bonds. The number of carbonyl (C=O) groups excluding carboxylic acids is 3. The molecule has 1 N–H and O–H groups in total. The summed E-state index contributed by atoms with van der Waals surface area (Å²) in [6.07, 6.45) is 1.58. The maximum Gasteiger partial charge on any atom is 0.328 e. The fourth-order valence-electron chi connectivity index (χ4n) is 3.28. The zero-order valence-electron chi connectivity index (χ0n) is 16.6. The second kappa shape index (κ2) is 8.09. The van der Waals surface area contributed by atoms with Crippen LogP contribution in [-0.4, -0.2) is 37.6 Å². The minimum atomic E-state index is -0.539. The summed E-state index contributed by atoms with van der Waals surface area (Å²) in [7, 11) is 3.35. The first-order valence-corrected chi connectivity index (χ1v) is 10.4. The van der Waals surface area contributed by atoms with Gasteiger partial charge < -0.3 is 5.32 Å². The van der Waals surface area contributed by atoms with Crippen molar-refractivity contribution < 1.29 is 14.4 Å². The van der Waals surface area contributed by atoms with Crippen molar-refractivity contribution >= 4 is 63.2 Å². The summed E-state index contributed by atoms with van der Waals surface area (Å²) < 4.78 is 3.05. The molecule has 0 radical (unpaired) electrons. The van der Waals surface area contributed by atoms with Crippen LogP contribution in [0.5, 0.6) is 0 Å². The number of hydrogen-bond donors (Lipinski definition) is 1. The zero-order valence-corrected chi connectivity index (χ0v) is 18.2. The van der Waals surface area contributed by atoms with Gasteiger partial charge in [-0.25, -0.2) is 4.79 Å². The fourth-order valence-corrected chi connectivity index (χ4v) is 4.24. The quantitative estimate of drug-likeness (QED) is 0.608. The van der Waals surface area contributed by atoms with Crippen molar-refractivity contribution in [2.45, 2.75) is 0 Å². The Balaban J connectivity index is 1.52. The molecule has 0 bridgehead atoms. The number of nitrogens with zero attached hydrogens (tertiary/aromatic N) is 3. The van der Waals surface area contributed by atoms with E-state index in [1.54, 1.807) is 62.6 Å². The Morgan fingerprint density at radius 2 is 1.71 bits per heavy atom. The molecule has 2 heterocycles. The molecule has 3 aromatic rings. The number of halogens is 1. The lowest BCUT2D eigenvalue weighted by Gasteiger charge is -2.12. The van der Waals surface area contributed by atoms with Gasteiger partial charge in [0.25, 0.3) is 11.1 Å². The Labute approximate surface area is 186 Å². The normalized spacial score (nSPS) is 15.3. The summed E-state index contributed by atoms with van der Waals surface area (Å²) in [4.78, 5) is 50.5. The third kappa shape index (κ3) is 4.01. The number of amides is 3. The highest BCUT2D eigenvalue weighted by atomic mass is 35.5. The van der Waals surface area contributed by atoms with Crippen molar-refractivity contribution in [1.29, 1.82) is 0 Å². The monoisotopic (exact) mass is 456 g/mol. The molecule has 31 heavy (non-hydrogen) atoms. The van der Waals surface area contributed by atoms with Crippen molar-refractivity contribution in [1.82, 2.24) is 14.0 Å². The second-order valence-electron chi connectivity index (χ2n) is 6.97. The molecular weight excluding hydrogens is 440 g/mol. The summed E-state index contributed by atoms with van der Waals surface area (Å²) in [5, 5.41) is 2.64. The van der Waals surface area contributed by atoms with Crippen molar-refractivity contribution in [2.75, 3.05) is 11.9 Å². The van der Waals surface area contributed by atoms with Crippen LogP contribution in [0.4, 0.5) is 10.5 Å². The van der Waals surface area contributed by atoms with Crippen LogP contribution in [0.1, 0.15) is 5.56 Å². The molecule has 8 nitrogen and oxygen atoms in total. The molecule has 0 unspecified atom stereocenters. The van der Waals surface area contributed by atoms with Crippen LogP contribution in [-0.2, 0) is 23.7 Å². The Kier molecular flexibility index (Phi) is 5.47. The smallest absolute Gasteiger partial charge is 0.325 e. The molecule has 2 aromatic carbocycles. The number of fused-ring (bicyclic) bond motifs is 1. The molecule has 0 saturated carbocycles. The second-order valence-corrected chi connectivity index (χ2v) is 8.40. The van der Waals surface area contributed by atoms with Gasteiger partial charge in [0.15, 0.2) is 0 Å². The van der Waals surface area contributed by atoms with Gasteiger partial charge in [-0.05, 0) is 59.8 Å². The number of rotatable bonds is 4. The number of carbonyl (C=O) groups is 3.